The zero-order valence-corrected chi connectivity index (χ0v) is 11.9. The molecule has 1 aromatic carbocycles. The number of hydrogen-bond acceptors (Lipinski definition) is 4. The summed E-state index contributed by atoms with van der Waals surface area (Å²) in [6.45, 7) is 5.41. The predicted octanol–water partition coefficient (Wildman–Crippen LogP) is 3.39. The third-order valence-corrected chi connectivity index (χ3v) is 2.59. The second-order valence-corrected chi connectivity index (χ2v) is 4.67. The third kappa shape index (κ3) is 6.11. The van der Waals surface area contributed by atoms with E-state index < -0.39 is 5.97 Å². The number of nitrogens with zero attached hydrogens (tertiary/aromatic N) is 3. The molecule has 2 atom stereocenters. The molecule has 0 N–H and O–H groups in total. The van der Waals surface area contributed by atoms with Crippen LogP contribution in [-0.2, 0) is 9.53 Å². The number of benzene rings is 1. The number of carbonyl (C=O) groups excluding carboxylic acids is 1. The molecule has 0 heterocycles. The lowest BCUT2D eigenvalue weighted by Crippen LogP contribution is -2.24. The molecule has 0 aliphatic carbocycles. The molecular weight excluding hydrogens is 258 g/mol. The molecule has 0 unspecified atom stereocenters. The van der Waals surface area contributed by atoms with Crippen LogP contribution in [0.5, 0.6) is 5.75 Å². The van der Waals surface area contributed by atoms with E-state index in [0.717, 1.165) is 11.3 Å². The highest BCUT2D eigenvalue weighted by molar-refractivity contribution is 5.71. The van der Waals surface area contributed by atoms with Gasteiger partial charge in [-0.25, -0.2) is 0 Å². The maximum atomic E-state index is 11.3. The Kier molecular flexibility index (Phi) is 6.40. The minimum atomic E-state index is -0.530. The summed E-state index contributed by atoms with van der Waals surface area (Å²) in [6.07, 6.45) is 0.186. The van der Waals surface area contributed by atoms with Gasteiger partial charge in [0.25, 0.3) is 0 Å². The van der Waals surface area contributed by atoms with Crippen LogP contribution >= 0.6 is 0 Å². The Morgan fingerprint density at radius 1 is 1.40 bits per heavy atom. The fourth-order valence-corrected chi connectivity index (χ4v) is 1.84. The Morgan fingerprint density at radius 3 is 2.80 bits per heavy atom. The van der Waals surface area contributed by atoms with Crippen molar-refractivity contribution in [3.63, 3.8) is 0 Å². The highest BCUT2D eigenvalue weighted by Gasteiger charge is 2.14. The fourth-order valence-electron chi connectivity index (χ4n) is 1.84. The molecule has 1 aromatic rings. The Morgan fingerprint density at radius 2 is 2.15 bits per heavy atom. The molecule has 6 heteroatoms. The second kappa shape index (κ2) is 8.07. The van der Waals surface area contributed by atoms with Gasteiger partial charge in [0.05, 0.1) is 6.10 Å². The van der Waals surface area contributed by atoms with Crippen LogP contribution in [0.1, 0.15) is 25.8 Å². The van der Waals surface area contributed by atoms with Gasteiger partial charge in [-0.1, -0.05) is 17.2 Å². The first-order valence-corrected chi connectivity index (χ1v) is 6.45. The summed E-state index contributed by atoms with van der Waals surface area (Å²) in [7, 11) is 0. The molecule has 0 amide bonds. The summed E-state index contributed by atoms with van der Waals surface area (Å²) < 4.78 is 10.9. The van der Waals surface area contributed by atoms with Gasteiger partial charge in [0.2, 0.25) is 0 Å². The number of carbonyl (C=O) groups is 1. The van der Waals surface area contributed by atoms with E-state index in [2.05, 4.69) is 10.0 Å². The van der Waals surface area contributed by atoms with Crippen molar-refractivity contribution < 1.29 is 14.3 Å². The zero-order valence-electron chi connectivity index (χ0n) is 11.9. The van der Waals surface area contributed by atoms with Crippen molar-refractivity contribution in [2.24, 2.45) is 5.11 Å². The first-order valence-electron chi connectivity index (χ1n) is 6.45. The van der Waals surface area contributed by atoms with E-state index in [9.17, 15) is 4.79 Å². The van der Waals surface area contributed by atoms with Crippen LogP contribution in [0.25, 0.3) is 10.4 Å². The van der Waals surface area contributed by atoms with E-state index in [1.807, 2.05) is 38.1 Å². The van der Waals surface area contributed by atoms with Gasteiger partial charge < -0.3 is 9.47 Å². The average molecular weight is 277 g/mol. The second-order valence-electron chi connectivity index (χ2n) is 4.67. The summed E-state index contributed by atoms with van der Waals surface area (Å²) in [6, 6.07) is 7.77. The van der Waals surface area contributed by atoms with Crippen LogP contribution < -0.4 is 4.74 Å². The van der Waals surface area contributed by atoms with Crippen molar-refractivity contribution in [2.45, 2.75) is 39.4 Å². The molecule has 108 valence electrons. The van der Waals surface area contributed by atoms with Crippen molar-refractivity contribution >= 4 is 5.97 Å². The maximum Gasteiger partial charge on any atom is 0.311 e. The Balaban J connectivity index is 2.39. The quantitative estimate of drug-likeness (QED) is 0.331. The van der Waals surface area contributed by atoms with Crippen molar-refractivity contribution in [3.05, 3.63) is 40.3 Å². The van der Waals surface area contributed by atoms with E-state index in [0.29, 0.717) is 6.42 Å². The summed E-state index contributed by atoms with van der Waals surface area (Å²) in [4.78, 5) is 13.8. The standard InChI is InChI=1S/C14H19N3O3/c1-10-5-4-6-13(7-10)19-11(2)8-12(3)20-14(18)9-16-17-15/h4-7,11-12H,8-9H2,1-3H3/t11-,12+/m0/s1. The van der Waals surface area contributed by atoms with E-state index in [1.54, 1.807) is 6.92 Å². The van der Waals surface area contributed by atoms with Crippen LogP contribution in [0.2, 0.25) is 0 Å². The first kappa shape index (κ1) is 15.9. The molecule has 0 aromatic heterocycles. The van der Waals surface area contributed by atoms with Gasteiger partial charge in [-0.05, 0) is 44.0 Å². The van der Waals surface area contributed by atoms with Crippen LogP contribution in [0.3, 0.4) is 0 Å². The maximum absolute atomic E-state index is 11.3. The molecule has 20 heavy (non-hydrogen) atoms. The monoisotopic (exact) mass is 277 g/mol. The van der Waals surface area contributed by atoms with Crippen LogP contribution in [0.4, 0.5) is 0 Å². The van der Waals surface area contributed by atoms with Crippen molar-refractivity contribution in [1.29, 1.82) is 0 Å². The SMILES string of the molecule is Cc1cccc(O[C@@H](C)C[C@@H](C)OC(=O)CN=[N+]=[N-])c1. The lowest BCUT2D eigenvalue weighted by Gasteiger charge is -2.19. The van der Waals surface area contributed by atoms with E-state index in [1.165, 1.54) is 0 Å². The number of esters is 1. The Hall–Kier alpha value is -2.20. The number of hydrogen-bond donors (Lipinski definition) is 0. The van der Waals surface area contributed by atoms with Gasteiger partial charge in [0.1, 0.15) is 18.4 Å². The molecule has 0 aliphatic rings. The normalized spacial score (nSPS) is 12.9. The van der Waals surface area contributed by atoms with Crippen LogP contribution in [-0.4, -0.2) is 24.7 Å². The lowest BCUT2D eigenvalue weighted by atomic mass is 10.2. The van der Waals surface area contributed by atoms with Gasteiger partial charge in [-0.3, -0.25) is 4.79 Å². The summed E-state index contributed by atoms with van der Waals surface area (Å²) >= 11 is 0. The molecule has 0 aliphatic heterocycles. The van der Waals surface area contributed by atoms with Gasteiger partial charge in [-0.2, -0.15) is 0 Å². The summed E-state index contributed by atoms with van der Waals surface area (Å²) in [5.74, 6) is 0.267. The molecule has 0 saturated heterocycles. The summed E-state index contributed by atoms with van der Waals surface area (Å²) in [5, 5.41) is 3.16. The fraction of sp³-hybridized carbons (Fsp3) is 0.500. The number of azide groups is 1. The highest BCUT2D eigenvalue weighted by atomic mass is 16.5. The number of rotatable bonds is 7. The van der Waals surface area contributed by atoms with Crippen molar-refractivity contribution in [1.82, 2.24) is 0 Å². The third-order valence-electron chi connectivity index (χ3n) is 2.59. The van der Waals surface area contributed by atoms with Gasteiger partial charge in [0, 0.05) is 11.3 Å². The van der Waals surface area contributed by atoms with E-state index >= 15 is 0 Å². The number of aryl methyl sites for hydroxylation is 1. The topological polar surface area (TPSA) is 84.3 Å². The number of ether oxygens (including phenoxy) is 2. The molecular formula is C14H19N3O3. The van der Waals surface area contributed by atoms with E-state index in [-0.39, 0.29) is 18.8 Å². The lowest BCUT2D eigenvalue weighted by molar-refractivity contribution is -0.147. The zero-order chi connectivity index (χ0) is 15.0. The van der Waals surface area contributed by atoms with E-state index in [4.69, 9.17) is 15.0 Å². The van der Waals surface area contributed by atoms with Gasteiger partial charge >= 0.3 is 5.97 Å². The molecule has 0 bridgehead atoms. The molecule has 1 rings (SSSR count). The van der Waals surface area contributed by atoms with Crippen molar-refractivity contribution in [2.75, 3.05) is 6.54 Å². The summed E-state index contributed by atoms with van der Waals surface area (Å²) in [5.41, 5.74) is 9.24. The molecule has 0 spiro atoms. The van der Waals surface area contributed by atoms with Crippen LogP contribution in [0.15, 0.2) is 29.4 Å². The molecule has 0 fully saturated rings. The predicted molar refractivity (Wildman–Crippen MR) is 75.5 cm³/mol. The molecule has 6 nitrogen and oxygen atoms in total. The van der Waals surface area contributed by atoms with Gasteiger partial charge in [0.15, 0.2) is 0 Å². The average Bonchev–Trinajstić information content (AvgIpc) is 2.35. The highest BCUT2D eigenvalue weighted by Crippen LogP contribution is 2.16. The molecule has 0 radical (unpaired) electrons. The molecule has 0 saturated carbocycles. The largest absolute Gasteiger partial charge is 0.491 e. The van der Waals surface area contributed by atoms with Crippen LogP contribution in [0, 0.1) is 6.92 Å². The minimum Gasteiger partial charge on any atom is -0.491 e. The minimum absolute atomic E-state index is 0.0842. The Bertz CT molecular complexity index is 498. The smallest absolute Gasteiger partial charge is 0.311 e. The van der Waals surface area contributed by atoms with Crippen molar-refractivity contribution in [3.8, 4) is 5.75 Å². The first-order chi connectivity index (χ1) is 9.51. The Labute approximate surface area is 118 Å². The van der Waals surface area contributed by atoms with Gasteiger partial charge in [-0.15, -0.1) is 0 Å².